The molecule has 2 amide bonds. The van der Waals surface area contributed by atoms with Crippen LogP contribution in [0.4, 0.5) is 4.79 Å². The Morgan fingerprint density at radius 2 is 1.79 bits per heavy atom. The maximum absolute atomic E-state index is 14.9. The molecule has 0 saturated heterocycles. The van der Waals surface area contributed by atoms with Gasteiger partial charge in [-0.25, -0.2) is 4.79 Å². The smallest absolute Gasteiger partial charge is 0.317 e. The molecule has 1 heterocycles. The molecule has 254 valence electrons. The number of carbonyl (C=O) groups excluding carboxylic acids is 2. The van der Waals surface area contributed by atoms with Crippen LogP contribution < -0.4 is 5.32 Å². The molecule has 3 saturated carbocycles. The zero-order valence-corrected chi connectivity index (χ0v) is 29.5. The van der Waals surface area contributed by atoms with Gasteiger partial charge in [-0.15, -0.1) is 11.3 Å². The number of hydrogen-bond donors (Lipinski definition) is 3. The number of urea groups is 1. The van der Waals surface area contributed by atoms with Crippen LogP contribution in [-0.4, -0.2) is 71.5 Å². The fraction of sp³-hybridized carbons (Fsp3) is 0.641. The number of carbonyl (C=O) groups is 2. The normalized spacial score (nSPS) is 38.6. The Balaban J connectivity index is 1.31. The molecule has 0 radical (unpaired) electrons. The van der Waals surface area contributed by atoms with E-state index in [-0.39, 0.29) is 53.2 Å². The summed E-state index contributed by atoms with van der Waals surface area (Å²) in [5.41, 5.74) is -1.71. The highest BCUT2D eigenvalue weighted by molar-refractivity contribution is 7.21. The lowest BCUT2D eigenvalue weighted by molar-refractivity contribution is -0.174. The summed E-state index contributed by atoms with van der Waals surface area (Å²) in [6.45, 7) is 9.86. The number of nitrogens with zero attached hydrogens (tertiary/aromatic N) is 1. The number of hydrogen-bond acceptors (Lipinski definition) is 6. The van der Waals surface area contributed by atoms with Crippen LogP contribution in [0.15, 0.2) is 54.1 Å². The van der Waals surface area contributed by atoms with E-state index in [0.717, 1.165) is 52.6 Å². The Bertz CT molecular complexity index is 1600. The molecule has 8 atom stereocenters. The number of methoxy groups -OCH3 is 1. The molecule has 2 aromatic rings. The number of ether oxygens (including phenoxy) is 1. The van der Waals surface area contributed by atoms with Crippen molar-refractivity contribution in [3.63, 3.8) is 0 Å². The van der Waals surface area contributed by atoms with Crippen molar-refractivity contribution in [2.45, 2.75) is 96.8 Å². The number of ketones is 1. The monoisotopic (exact) mass is 660 g/mol. The lowest BCUT2D eigenvalue weighted by Gasteiger charge is -2.71. The predicted octanol–water partition coefficient (Wildman–Crippen LogP) is 7.13. The van der Waals surface area contributed by atoms with Crippen molar-refractivity contribution >= 4 is 33.2 Å². The second-order valence-electron chi connectivity index (χ2n) is 16.2. The average molecular weight is 661 g/mol. The van der Waals surface area contributed by atoms with E-state index >= 15 is 0 Å². The molecule has 7 nitrogen and oxygen atoms in total. The third-order valence-electron chi connectivity index (χ3n) is 13.5. The van der Waals surface area contributed by atoms with Crippen LogP contribution in [-0.2, 0) is 4.74 Å². The van der Waals surface area contributed by atoms with E-state index in [0.29, 0.717) is 32.4 Å². The van der Waals surface area contributed by atoms with Gasteiger partial charge in [0.2, 0.25) is 0 Å². The van der Waals surface area contributed by atoms with Gasteiger partial charge in [0.15, 0.2) is 5.78 Å². The maximum Gasteiger partial charge on any atom is 0.317 e. The zero-order valence-electron chi connectivity index (χ0n) is 28.7. The molecule has 2 bridgehead atoms. The summed E-state index contributed by atoms with van der Waals surface area (Å²) >= 11 is 1.56. The van der Waals surface area contributed by atoms with Crippen LogP contribution in [0.2, 0.25) is 0 Å². The molecule has 1 aromatic carbocycles. The minimum atomic E-state index is -1.10. The van der Waals surface area contributed by atoms with Gasteiger partial charge in [-0.05, 0) is 100.0 Å². The number of aliphatic hydroxyl groups excluding tert-OH is 1. The first-order valence-corrected chi connectivity index (χ1v) is 18.6. The Morgan fingerprint density at radius 1 is 1.06 bits per heavy atom. The van der Waals surface area contributed by atoms with Gasteiger partial charge in [-0.2, -0.15) is 0 Å². The van der Waals surface area contributed by atoms with Crippen molar-refractivity contribution in [1.29, 1.82) is 0 Å². The number of allylic oxidation sites excluding steroid dienone is 4. The van der Waals surface area contributed by atoms with Gasteiger partial charge in [0, 0.05) is 52.8 Å². The molecule has 1 unspecified atom stereocenters. The lowest BCUT2D eigenvalue weighted by Crippen LogP contribution is -2.67. The van der Waals surface area contributed by atoms with Crippen LogP contribution >= 0.6 is 11.3 Å². The molecule has 47 heavy (non-hydrogen) atoms. The molecule has 0 aliphatic heterocycles. The molecule has 6 aliphatic carbocycles. The SMILES string of the molecule is COCCCN(C[C@]1(O)CC[C@H]2[C@]34C=C[C@@]5(C=C3C(=O)c3cc6ccccc6s3)CC(O)CC[C@]5(C)[C@H]4CC[C@@]21C)C(=O)NC(C)C. The molecule has 6 aliphatic rings. The number of nitrogens with one attached hydrogen (secondary N) is 1. The van der Waals surface area contributed by atoms with Crippen LogP contribution in [0.5, 0.6) is 0 Å². The van der Waals surface area contributed by atoms with Crippen LogP contribution in [0.1, 0.15) is 88.7 Å². The first-order valence-electron chi connectivity index (χ1n) is 17.7. The number of amides is 2. The summed E-state index contributed by atoms with van der Waals surface area (Å²) in [4.78, 5) is 31.0. The molecular formula is C39H52N2O5S. The van der Waals surface area contributed by atoms with Crippen molar-refractivity contribution in [2.75, 3.05) is 26.8 Å². The van der Waals surface area contributed by atoms with E-state index in [2.05, 4.69) is 49.5 Å². The van der Waals surface area contributed by atoms with E-state index in [9.17, 15) is 19.8 Å². The molecule has 2 spiro atoms. The lowest BCUT2D eigenvalue weighted by atomic mass is 9.32. The number of aliphatic hydroxyl groups is 2. The van der Waals surface area contributed by atoms with Gasteiger partial charge < -0.3 is 25.2 Å². The Hall–Kier alpha value is -2.52. The van der Waals surface area contributed by atoms with E-state index in [4.69, 9.17) is 4.74 Å². The van der Waals surface area contributed by atoms with Crippen molar-refractivity contribution in [2.24, 2.45) is 33.5 Å². The van der Waals surface area contributed by atoms with Crippen molar-refractivity contribution in [3.8, 4) is 0 Å². The second kappa shape index (κ2) is 11.5. The molecule has 8 heteroatoms. The first-order chi connectivity index (χ1) is 22.3. The molecular weight excluding hydrogens is 609 g/mol. The number of Topliss-reactive ketones (excluding diaryl/α,β-unsaturated/α-hetero) is 1. The summed E-state index contributed by atoms with van der Waals surface area (Å²) in [5, 5.41) is 28.0. The van der Waals surface area contributed by atoms with Gasteiger partial charge in [0.05, 0.1) is 23.1 Å². The van der Waals surface area contributed by atoms with Gasteiger partial charge in [-0.1, -0.05) is 50.3 Å². The van der Waals surface area contributed by atoms with Crippen LogP contribution in [0, 0.1) is 33.5 Å². The summed E-state index contributed by atoms with van der Waals surface area (Å²) in [6.07, 6.45) is 12.7. The Labute approximate surface area is 283 Å². The molecule has 3 N–H and O–H groups in total. The highest BCUT2D eigenvalue weighted by Crippen LogP contribution is 2.78. The van der Waals surface area contributed by atoms with Gasteiger partial charge in [0.25, 0.3) is 0 Å². The zero-order chi connectivity index (χ0) is 33.4. The quantitative estimate of drug-likeness (QED) is 0.151. The number of fused-ring (bicyclic) bond motifs is 2. The minimum absolute atomic E-state index is 0.0134. The minimum Gasteiger partial charge on any atom is -0.393 e. The number of thiophene rings is 1. The largest absolute Gasteiger partial charge is 0.393 e. The van der Waals surface area contributed by atoms with E-state index in [1.807, 2.05) is 32.0 Å². The Morgan fingerprint density at radius 3 is 2.53 bits per heavy atom. The third kappa shape index (κ3) is 4.75. The average Bonchev–Trinajstić information content (AvgIpc) is 3.58. The summed E-state index contributed by atoms with van der Waals surface area (Å²) < 4.78 is 6.42. The van der Waals surface area contributed by atoms with E-state index in [1.165, 1.54) is 0 Å². The number of rotatable bonds is 9. The van der Waals surface area contributed by atoms with Crippen LogP contribution in [0.25, 0.3) is 10.1 Å². The molecule has 1 aromatic heterocycles. The highest BCUT2D eigenvalue weighted by atomic mass is 32.1. The van der Waals surface area contributed by atoms with Crippen molar-refractivity contribution in [1.82, 2.24) is 10.2 Å². The first kappa shape index (κ1) is 33.0. The van der Waals surface area contributed by atoms with Gasteiger partial charge in [0.1, 0.15) is 0 Å². The number of benzene rings is 1. The molecule has 8 rings (SSSR count). The summed E-state index contributed by atoms with van der Waals surface area (Å²) in [5.74, 6) is 0.364. The predicted molar refractivity (Wildman–Crippen MR) is 186 cm³/mol. The maximum atomic E-state index is 14.9. The van der Waals surface area contributed by atoms with Gasteiger partial charge >= 0.3 is 6.03 Å². The fourth-order valence-corrected chi connectivity index (χ4v) is 12.1. The standard InChI is InChI=1S/C39H52N2O5S/c1-25(2)40-34(44)41(19-8-20-46-5)24-38(45)16-13-32-36(38,4)15-12-31-35(3)14-11-27(42)22-37(35)17-18-39(31,32)28(23-37)33(43)30-21-26-9-6-7-10-29(26)47-30/h6-7,9-10,17-18,21,23,25,27,31-32,42,45H,8,11-16,19-20,22,24H2,1-5H3,(H,40,44)/t27?,31-,32-,35-,36+,37+,38-,39-/m1/s1. The van der Waals surface area contributed by atoms with Crippen LogP contribution in [0.3, 0.4) is 0 Å². The summed E-state index contributed by atoms with van der Waals surface area (Å²) in [6, 6.07) is 10.1. The van der Waals surface area contributed by atoms with Crippen molar-refractivity contribution < 1.29 is 24.5 Å². The fourth-order valence-electron chi connectivity index (χ4n) is 11.1. The topological polar surface area (TPSA) is 99.1 Å². The van der Waals surface area contributed by atoms with E-state index < -0.39 is 16.4 Å². The molecule has 3 fully saturated rings. The third-order valence-corrected chi connectivity index (χ3v) is 14.6. The highest BCUT2D eigenvalue weighted by Gasteiger charge is 2.74. The second-order valence-corrected chi connectivity index (χ2v) is 17.2. The summed E-state index contributed by atoms with van der Waals surface area (Å²) in [7, 11) is 1.67. The Kier molecular flexibility index (Phi) is 8.10. The van der Waals surface area contributed by atoms with Crippen molar-refractivity contribution in [3.05, 3.63) is 59.0 Å². The van der Waals surface area contributed by atoms with E-state index in [1.54, 1.807) is 23.3 Å². The van der Waals surface area contributed by atoms with Gasteiger partial charge in [-0.3, -0.25) is 4.79 Å².